The third-order valence-electron chi connectivity index (χ3n) is 4.35. The summed E-state index contributed by atoms with van der Waals surface area (Å²) in [4.78, 5) is 17.3. The second kappa shape index (κ2) is 6.69. The van der Waals surface area contributed by atoms with Crippen molar-refractivity contribution in [1.29, 1.82) is 0 Å². The fourth-order valence-corrected chi connectivity index (χ4v) is 3.65. The summed E-state index contributed by atoms with van der Waals surface area (Å²) in [6.45, 7) is 6.09. The van der Waals surface area contributed by atoms with E-state index in [1.807, 2.05) is 19.1 Å². The highest BCUT2D eigenvalue weighted by molar-refractivity contribution is 9.10. The van der Waals surface area contributed by atoms with Gasteiger partial charge in [0.15, 0.2) is 0 Å². The number of aliphatic imine (C=N–C) groups is 1. The summed E-state index contributed by atoms with van der Waals surface area (Å²) in [7, 11) is 0. The van der Waals surface area contributed by atoms with E-state index in [4.69, 9.17) is 16.6 Å². The maximum absolute atomic E-state index is 12.5. The zero-order valence-electron chi connectivity index (χ0n) is 13.8. The van der Waals surface area contributed by atoms with Crippen LogP contribution in [0.2, 0.25) is 5.02 Å². The van der Waals surface area contributed by atoms with Crippen molar-refractivity contribution in [3.8, 4) is 0 Å². The lowest BCUT2D eigenvalue weighted by molar-refractivity contribution is -0.110. The fraction of sp³-hybridized carbons (Fsp3) is 0.263. The predicted molar refractivity (Wildman–Crippen MR) is 104 cm³/mol. The summed E-state index contributed by atoms with van der Waals surface area (Å²) in [6, 6.07) is 8.04. The first kappa shape index (κ1) is 17.2. The molecule has 124 valence electrons. The van der Waals surface area contributed by atoms with Crippen molar-refractivity contribution < 1.29 is 4.79 Å². The topological polar surface area (TPSA) is 41.5 Å². The quantitative estimate of drug-likeness (QED) is 0.708. The molecule has 1 heterocycles. The Labute approximate surface area is 155 Å². The van der Waals surface area contributed by atoms with Crippen LogP contribution in [0.5, 0.6) is 0 Å². The molecule has 1 aliphatic heterocycles. The molecule has 0 fully saturated rings. The molecule has 0 radical (unpaired) electrons. The average molecular weight is 406 g/mol. The molecule has 1 aliphatic rings. The molecule has 3 nitrogen and oxygen atoms in total. The van der Waals surface area contributed by atoms with Gasteiger partial charge in [-0.1, -0.05) is 43.6 Å². The summed E-state index contributed by atoms with van der Waals surface area (Å²) in [5, 5.41) is 3.51. The molecule has 0 unspecified atom stereocenters. The van der Waals surface area contributed by atoms with Crippen LogP contribution in [0.3, 0.4) is 0 Å². The van der Waals surface area contributed by atoms with Crippen LogP contribution in [0.25, 0.3) is 0 Å². The van der Waals surface area contributed by atoms with Crippen molar-refractivity contribution in [3.63, 3.8) is 0 Å². The summed E-state index contributed by atoms with van der Waals surface area (Å²) < 4.78 is 0.768. The first-order valence-corrected chi connectivity index (χ1v) is 9.14. The van der Waals surface area contributed by atoms with E-state index in [2.05, 4.69) is 47.2 Å². The van der Waals surface area contributed by atoms with Crippen LogP contribution in [0, 0.1) is 6.92 Å². The number of carbonyl (C=O) groups is 1. The molecule has 0 aliphatic carbocycles. The Morgan fingerprint density at radius 3 is 2.42 bits per heavy atom. The maximum atomic E-state index is 12.5. The predicted octanol–water partition coefficient (Wildman–Crippen LogP) is 5.61. The number of benzene rings is 2. The van der Waals surface area contributed by atoms with Gasteiger partial charge in [0.2, 0.25) is 0 Å². The first-order chi connectivity index (χ1) is 11.5. The van der Waals surface area contributed by atoms with Gasteiger partial charge < -0.3 is 5.32 Å². The molecular formula is C19H18BrClN2O. The van der Waals surface area contributed by atoms with E-state index in [1.54, 1.807) is 0 Å². The number of hydrogen-bond donors (Lipinski definition) is 1. The van der Waals surface area contributed by atoms with Gasteiger partial charge in [-0.15, -0.1) is 0 Å². The summed E-state index contributed by atoms with van der Waals surface area (Å²) in [5.41, 5.74) is 6.03. The van der Waals surface area contributed by atoms with Gasteiger partial charge in [-0.3, -0.25) is 4.79 Å². The standard InChI is InChI=1S/C19H18BrClN2O/c1-4-11-7-6-8-12(5-2)17(11)22-18-13-9-14(20)15(21)10(3)16(13)23-19(18)24/h6-9H,4-5H2,1-3H3,(H,22,23,24). The second-order valence-electron chi connectivity index (χ2n) is 5.77. The Bertz CT molecular complexity index is 852. The monoisotopic (exact) mass is 404 g/mol. The third kappa shape index (κ3) is 2.78. The number of nitrogens with zero attached hydrogens (tertiary/aromatic N) is 1. The molecule has 3 rings (SSSR count). The molecular weight excluding hydrogens is 388 g/mol. The van der Waals surface area contributed by atoms with E-state index in [9.17, 15) is 4.79 Å². The number of rotatable bonds is 3. The molecule has 0 bridgehead atoms. The van der Waals surface area contributed by atoms with Crippen LogP contribution in [0.4, 0.5) is 11.4 Å². The number of nitrogens with one attached hydrogen (secondary N) is 1. The number of aryl methyl sites for hydroxylation is 2. The molecule has 0 spiro atoms. The van der Waals surface area contributed by atoms with Gasteiger partial charge in [-0.25, -0.2) is 4.99 Å². The maximum Gasteiger partial charge on any atom is 0.275 e. The number of anilines is 1. The summed E-state index contributed by atoms with van der Waals surface area (Å²) in [6.07, 6.45) is 1.75. The molecule has 0 saturated carbocycles. The summed E-state index contributed by atoms with van der Waals surface area (Å²) >= 11 is 9.74. The second-order valence-corrected chi connectivity index (χ2v) is 7.00. The van der Waals surface area contributed by atoms with Gasteiger partial charge in [-0.05, 0) is 58.5 Å². The van der Waals surface area contributed by atoms with Crippen molar-refractivity contribution in [2.45, 2.75) is 33.6 Å². The normalized spacial score (nSPS) is 14.9. The number of halogens is 2. The molecule has 2 aromatic carbocycles. The van der Waals surface area contributed by atoms with Crippen LogP contribution in [0.1, 0.15) is 36.1 Å². The van der Waals surface area contributed by atoms with E-state index in [1.165, 1.54) is 0 Å². The highest BCUT2D eigenvalue weighted by Crippen LogP contribution is 2.38. The highest BCUT2D eigenvalue weighted by atomic mass is 79.9. The Morgan fingerprint density at radius 1 is 1.21 bits per heavy atom. The van der Waals surface area contributed by atoms with Crippen molar-refractivity contribution in [2.24, 2.45) is 4.99 Å². The number of fused-ring (bicyclic) bond motifs is 1. The molecule has 1 N–H and O–H groups in total. The highest BCUT2D eigenvalue weighted by Gasteiger charge is 2.29. The van der Waals surface area contributed by atoms with E-state index < -0.39 is 0 Å². The van der Waals surface area contributed by atoms with Gasteiger partial charge in [-0.2, -0.15) is 0 Å². The lowest BCUT2D eigenvalue weighted by atomic mass is 10.0. The Morgan fingerprint density at radius 2 is 1.83 bits per heavy atom. The van der Waals surface area contributed by atoms with E-state index >= 15 is 0 Å². The molecule has 2 aromatic rings. The van der Waals surface area contributed by atoms with Crippen LogP contribution in [0.15, 0.2) is 33.7 Å². The van der Waals surface area contributed by atoms with E-state index in [0.717, 1.165) is 50.9 Å². The minimum Gasteiger partial charge on any atom is -0.320 e. The lowest BCUT2D eigenvalue weighted by Gasteiger charge is -2.10. The van der Waals surface area contributed by atoms with E-state index in [0.29, 0.717) is 10.7 Å². The number of amides is 1. The van der Waals surface area contributed by atoms with Gasteiger partial charge in [0.1, 0.15) is 5.71 Å². The molecule has 0 atom stereocenters. The van der Waals surface area contributed by atoms with Crippen LogP contribution >= 0.6 is 27.5 Å². The van der Waals surface area contributed by atoms with Crippen LogP contribution in [-0.2, 0) is 17.6 Å². The number of carbonyl (C=O) groups excluding carboxylic acids is 1. The van der Waals surface area contributed by atoms with Crippen molar-refractivity contribution in [1.82, 2.24) is 0 Å². The smallest absolute Gasteiger partial charge is 0.275 e. The zero-order chi connectivity index (χ0) is 17.4. The first-order valence-electron chi connectivity index (χ1n) is 7.97. The Balaban J connectivity index is 2.23. The third-order valence-corrected chi connectivity index (χ3v) is 5.69. The van der Waals surface area contributed by atoms with Crippen LogP contribution < -0.4 is 5.32 Å². The average Bonchev–Trinajstić information content (AvgIpc) is 2.89. The Kier molecular flexibility index (Phi) is 4.79. The lowest BCUT2D eigenvalue weighted by Crippen LogP contribution is -2.14. The number of hydrogen-bond acceptors (Lipinski definition) is 2. The van der Waals surface area contributed by atoms with Gasteiger partial charge in [0.05, 0.1) is 16.4 Å². The molecule has 0 saturated heterocycles. The fourth-order valence-electron chi connectivity index (χ4n) is 2.98. The SMILES string of the molecule is CCc1cccc(CC)c1N=C1C(=O)Nc2c1cc(Br)c(Cl)c2C. The van der Waals surface area contributed by atoms with E-state index in [-0.39, 0.29) is 5.91 Å². The van der Waals surface area contributed by atoms with Crippen molar-refractivity contribution in [2.75, 3.05) is 5.32 Å². The molecule has 24 heavy (non-hydrogen) atoms. The molecule has 1 amide bonds. The minimum absolute atomic E-state index is 0.185. The zero-order valence-corrected chi connectivity index (χ0v) is 16.2. The van der Waals surface area contributed by atoms with Crippen molar-refractivity contribution >= 4 is 50.5 Å². The number of para-hydroxylation sites is 1. The molecule has 0 aromatic heterocycles. The van der Waals surface area contributed by atoms with Gasteiger partial charge >= 0.3 is 0 Å². The largest absolute Gasteiger partial charge is 0.320 e. The molecule has 5 heteroatoms. The van der Waals surface area contributed by atoms with Crippen molar-refractivity contribution in [3.05, 3.63) is 56.0 Å². The minimum atomic E-state index is -0.185. The summed E-state index contributed by atoms with van der Waals surface area (Å²) in [5.74, 6) is -0.185. The Hall–Kier alpha value is -1.65. The van der Waals surface area contributed by atoms with Gasteiger partial charge in [0.25, 0.3) is 5.91 Å². The van der Waals surface area contributed by atoms with Crippen LogP contribution in [-0.4, -0.2) is 11.6 Å². The van der Waals surface area contributed by atoms with Gasteiger partial charge in [0, 0.05) is 10.0 Å².